The highest BCUT2D eigenvalue weighted by atomic mass is 32.2. The van der Waals surface area contributed by atoms with Gasteiger partial charge in [0.2, 0.25) is 15.9 Å². The number of methoxy groups -OCH3 is 1. The van der Waals surface area contributed by atoms with Gasteiger partial charge in [-0.2, -0.15) is 0 Å². The van der Waals surface area contributed by atoms with E-state index in [0.29, 0.717) is 25.3 Å². The summed E-state index contributed by atoms with van der Waals surface area (Å²) in [6.07, 6.45) is 1.52. The number of primary sulfonamides is 1. The molecule has 1 amide bonds. The van der Waals surface area contributed by atoms with Crippen molar-refractivity contribution in [1.82, 2.24) is 4.90 Å². The van der Waals surface area contributed by atoms with Gasteiger partial charge in [0.25, 0.3) is 0 Å². The summed E-state index contributed by atoms with van der Waals surface area (Å²) in [6, 6.07) is 13.5. The number of hydrogen-bond donors (Lipinski definition) is 3. The van der Waals surface area contributed by atoms with Crippen LogP contribution in [-0.2, 0) is 19.6 Å². The van der Waals surface area contributed by atoms with Gasteiger partial charge in [-0.05, 0) is 43.2 Å². The Balaban J connectivity index is 1.58. The fraction of sp³-hybridized carbons (Fsp3) is 0.333. The van der Waals surface area contributed by atoms with E-state index >= 15 is 0 Å². The van der Waals surface area contributed by atoms with E-state index in [4.69, 9.17) is 9.88 Å². The third kappa shape index (κ3) is 6.27. The molecule has 3 rings (SSSR count). The smallest absolute Gasteiger partial charge is 0.340 e. The van der Waals surface area contributed by atoms with Crippen LogP contribution in [0.2, 0.25) is 0 Å². The predicted molar refractivity (Wildman–Crippen MR) is 117 cm³/mol. The van der Waals surface area contributed by atoms with E-state index in [1.165, 1.54) is 25.3 Å². The molecule has 0 saturated carbocycles. The summed E-state index contributed by atoms with van der Waals surface area (Å²) in [5, 5.41) is 11.3. The molecule has 1 saturated heterocycles. The number of piperidine rings is 1. The molecule has 0 aromatic heterocycles. The second kappa shape index (κ2) is 9.90. The van der Waals surface area contributed by atoms with E-state index in [1.807, 2.05) is 30.3 Å². The molecule has 1 aliphatic heterocycles. The van der Waals surface area contributed by atoms with Crippen molar-refractivity contribution < 1.29 is 22.7 Å². The van der Waals surface area contributed by atoms with Gasteiger partial charge in [0.1, 0.15) is 0 Å². The zero-order chi connectivity index (χ0) is 22.4. The number of ether oxygens (including phenoxy) is 1. The van der Waals surface area contributed by atoms with Crippen LogP contribution >= 0.6 is 0 Å². The maximum atomic E-state index is 12.2. The number of sulfonamides is 1. The summed E-state index contributed by atoms with van der Waals surface area (Å²) < 4.78 is 28.0. The van der Waals surface area contributed by atoms with Crippen LogP contribution in [0, 0.1) is 0 Å². The Hall–Kier alpha value is -2.95. The molecule has 166 valence electrons. The Kier molecular flexibility index (Phi) is 7.26. The number of amides is 1. The molecule has 4 N–H and O–H groups in total. The fourth-order valence-electron chi connectivity index (χ4n) is 3.49. The molecule has 0 aliphatic carbocycles. The molecule has 0 atom stereocenters. The summed E-state index contributed by atoms with van der Waals surface area (Å²) in [6.45, 7) is 1.73. The third-order valence-corrected chi connectivity index (χ3v) is 6.01. The third-order valence-electron chi connectivity index (χ3n) is 5.10. The lowest BCUT2D eigenvalue weighted by molar-refractivity contribution is -0.117. The average Bonchev–Trinajstić information content (AvgIpc) is 2.74. The van der Waals surface area contributed by atoms with Crippen molar-refractivity contribution in [1.29, 1.82) is 0 Å². The molecule has 0 bridgehead atoms. The van der Waals surface area contributed by atoms with E-state index in [1.54, 1.807) is 0 Å². The highest BCUT2D eigenvalue weighted by molar-refractivity contribution is 7.89. The lowest BCUT2D eigenvalue weighted by Gasteiger charge is -2.32. The summed E-state index contributed by atoms with van der Waals surface area (Å²) in [5.41, 5.74) is 1.36. The molecule has 1 aliphatic rings. The van der Waals surface area contributed by atoms with Crippen molar-refractivity contribution in [2.45, 2.75) is 23.8 Å². The zero-order valence-electron chi connectivity index (χ0n) is 17.2. The van der Waals surface area contributed by atoms with Gasteiger partial charge in [0.15, 0.2) is 0 Å². The topological polar surface area (TPSA) is 131 Å². The van der Waals surface area contributed by atoms with Crippen LogP contribution in [0.25, 0.3) is 0 Å². The fourth-order valence-corrected chi connectivity index (χ4v) is 4.03. The lowest BCUT2D eigenvalue weighted by Crippen LogP contribution is -2.42. The summed E-state index contributed by atoms with van der Waals surface area (Å²) in [4.78, 5) is 26.3. The van der Waals surface area contributed by atoms with Gasteiger partial charge >= 0.3 is 5.97 Å². The number of likely N-dealkylation sites (tertiary alicyclic amines) is 1. The normalized spacial score (nSPS) is 15.3. The molecule has 0 unspecified atom stereocenters. The Bertz CT molecular complexity index is 1030. The van der Waals surface area contributed by atoms with Gasteiger partial charge in [-0.3, -0.25) is 9.69 Å². The minimum absolute atomic E-state index is 0.0656. The number of nitrogens with one attached hydrogen (secondary N) is 2. The molecule has 1 heterocycles. The number of benzene rings is 2. The van der Waals surface area contributed by atoms with Gasteiger partial charge in [0.05, 0.1) is 24.1 Å². The summed E-state index contributed by atoms with van der Waals surface area (Å²) >= 11 is 0. The first kappa shape index (κ1) is 22.7. The van der Waals surface area contributed by atoms with Crippen LogP contribution in [0.3, 0.4) is 0 Å². The number of para-hydroxylation sites is 1. The number of hydrogen-bond acceptors (Lipinski definition) is 7. The second-order valence-corrected chi connectivity index (χ2v) is 8.91. The molecule has 0 spiro atoms. The molecule has 1 fully saturated rings. The maximum absolute atomic E-state index is 12.2. The number of rotatable bonds is 7. The van der Waals surface area contributed by atoms with Gasteiger partial charge in [0, 0.05) is 30.5 Å². The van der Waals surface area contributed by atoms with E-state index in [9.17, 15) is 18.0 Å². The van der Waals surface area contributed by atoms with Crippen molar-refractivity contribution in [2.75, 3.05) is 37.4 Å². The number of anilines is 2. The van der Waals surface area contributed by atoms with E-state index < -0.39 is 16.0 Å². The molecule has 31 heavy (non-hydrogen) atoms. The van der Waals surface area contributed by atoms with Crippen molar-refractivity contribution >= 4 is 33.3 Å². The minimum atomic E-state index is -3.94. The van der Waals surface area contributed by atoms with Crippen molar-refractivity contribution in [3.05, 3.63) is 54.1 Å². The van der Waals surface area contributed by atoms with Crippen molar-refractivity contribution in [3.63, 3.8) is 0 Å². The molecule has 2 aromatic carbocycles. The van der Waals surface area contributed by atoms with Crippen LogP contribution in [0.4, 0.5) is 11.4 Å². The SMILES string of the molecule is COC(=O)c1cc(S(N)(=O)=O)ccc1NC1CCN(CC(=O)Nc2ccccc2)CC1. The first-order chi connectivity index (χ1) is 14.8. The first-order valence-electron chi connectivity index (χ1n) is 9.85. The van der Waals surface area contributed by atoms with Crippen molar-refractivity contribution in [2.24, 2.45) is 5.14 Å². The Morgan fingerprint density at radius 1 is 1.13 bits per heavy atom. The molecule has 2 aromatic rings. The van der Waals surface area contributed by atoms with Gasteiger partial charge in [-0.1, -0.05) is 18.2 Å². The minimum Gasteiger partial charge on any atom is -0.465 e. The Labute approximate surface area is 181 Å². The molecule has 10 heteroatoms. The van der Waals surface area contributed by atoms with Crippen LogP contribution < -0.4 is 15.8 Å². The highest BCUT2D eigenvalue weighted by Crippen LogP contribution is 2.24. The number of carbonyl (C=O) groups is 2. The van der Waals surface area contributed by atoms with E-state index in [-0.39, 0.29) is 22.4 Å². The molecular weight excluding hydrogens is 420 g/mol. The van der Waals surface area contributed by atoms with Crippen molar-refractivity contribution in [3.8, 4) is 0 Å². The largest absolute Gasteiger partial charge is 0.465 e. The molecule has 0 radical (unpaired) electrons. The number of esters is 1. The van der Waals surface area contributed by atoms with Crippen LogP contribution in [0.1, 0.15) is 23.2 Å². The zero-order valence-corrected chi connectivity index (χ0v) is 18.0. The standard InChI is InChI=1S/C21H26N4O5S/c1-30-21(27)18-13-17(31(22,28)29)7-8-19(18)23-16-9-11-25(12-10-16)14-20(26)24-15-5-3-2-4-6-15/h2-8,13,16,23H,9-12,14H2,1H3,(H,24,26)(H2,22,28,29). The number of carbonyl (C=O) groups excluding carboxylic acids is 2. The van der Waals surface area contributed by atoms with Crippen LogP contribution in [0.5, 0.6) is 0 Å². The van der Waals surface area contributed by atoms with Gasteiger partial charge < -0.3 is 15.4 Å². The van der Waals surface area contributed by atoms with E-state index in [0.717, 1.165) is 18.5 Å². The number of nitrogens with zero attached hydrogens (tertiary/aromatic N) is 1. The molecular formula is C21H26N4O5S. The summed E-state index contributed by atoms with van der Waals surface area (Å²) in [5.74, 6) is -0.716. The average molecular weight is 447 g/mol. The summed E-state index contributed by atoms with van der Waals surface area (Å²) in [7, 11) is -2.71. The maximum Gasteiger partial charge on any atom is 0.340 e. The molecule has 9 nitrogen and oxygen atoms in total. The Morgan fingerprint density at radius 3 is 2.42 bits per heavy atom. The number of nitrogens with two attached hydrogens (primary N) is 1. The Morgan fingerprint density at radius 2 is 1.81 bits per heavy atom. The highest BCUT2D eigenvalue weighted by Gasteiger charge is 2.23. The quantitative estimate of drug-likeness (QED) is 0.551. The van der Waals surface area contributed by atoms with Gasteiger partial charge in [-0.25, -0.2) is 18.4 Å². The monoisotopic (exact) mass is 446 g/mol. The second-order valence-electron chi connectivity index (χ2n) is 7.35. The first-order valence-corrected chi connectivity index (χ1v) is 11.4. The predicted octanol–water partition coefficient (Wildman–Crippen LogP) is 1.64. The van der Waals surface area contributed by atoms with E-state index in [2.05, 4.69) is 15.5 Å². The van der Waals surface area contributed by atoms with Crippen LogP contribution in [0.15, 0.2) is 53.4 Å². The van der Waals surface area contributed by atoms with Gasteiger partial charge in [-0.15, -0.1) is 0 Å². The van der Waals surface area contributed by atoms with Crippen LogP contribution in [-0.4, -0.2) is 58.0 Å². The lowest BCUT2D eigenvalue weighted by atomic mass is 10.0.